The van der Waals surface area contributed by atoms with Crippen molar-refractivity contribution in [1.82, 2.24) is 29.1 Å². The third-order valence-corrected chi connectivity index (χ3v) is 9.99. The summed E-state index contributed by atoms with van der Waals surface area (Å²) in [5, 5.41) is 11.4. The van der Waals surface area contributed by atoms with Crippen LogP contribution in [-0.2, 0) is 14.1 Å². The molecule has 10 rings (SSSR count). The van der Waals surface area contributed by atoms with Gasteiger partial charge < -0.3 is 9.13 Å². The Kier molecular flexibility index (Phi) is 8.78. The Balaban J connectivity index is 0.000000148. The summed E-state index contributed by atoms with van der Waals surface area (Å²) in [6, 6.07) is 46.3. The Hall–Kier alpha value is -6.92. The second-order valence-electron chi connectivity index (χ2n) is 12.8. The van der Waals surface area contributed by atoms with Crippen molar-refractivity contribution in [3.8, 4) is 0 Å². The molecule has 0 saturated carbocycles. The molecule has 10 aromatic rings. The normalized spacial score (nSPS) is 11.1. The smallest absolute Gasteiger partial charge is 0.0801 e. The van der Waals surface area contributed by atoms with Crippen molar-refractivity contribution in [1.29, 1.82) is 0 Å². The molecular weight excluding hydrogens is 649 g/mol. The Morgan fingerprint density at radius 2 is 0.660 bits per heavy atom. The lowest BCUT2D eigenvalue weighted by atomic mass is 10.0. The van der Waals surface area contributed by atoms with Gasteiger partial charge in [-0.05, 0) is 52.6 Å². The number of hydrogen-bond acceptors (Lipinski definition) is 4. The van der Waals surface area contributed by atoms with Gasteiger partial charge in [0.2, 0.25) is 0 Å². The Morgan fingerprint density at radius 1 is 0.321 bits per heavy atom. The van der Waals surface area contributed by atoms with Gasteiger partial charge in [-0.25, -0.2) is 0 Å². The number of fused-ring (bicyclic) bond motifs is 14. The Bertz CT molecular complexity index is 2700. The minimum Gasteiger partial charge on any atom is -0.344 e. The molecule has 6 heteroatoms. The predicted molar refractivity (Wildman–Crippen MR) is 224 cm³/mol. The van der Waals surface area contributed by atoms with Crippen molar-refractivity contribution < 1.29 is 0 Å². The van der Waals surface area contributed by atoms with Crippen LogP contribution in [0.25, 0.3) is 87.0 Å². The highest BCUT2D eigenvalue weighted by molar-refractivity contribution is 6.19. The maximum atomic E-state index is 4.76. The van der Waals surface area contributed by atoms with Crippen molar-refractivity contribution in [3.63, 3.8) is 0 Å². The number of para-hydroxylation sites is 2. The number of benzene rings is 4. The van der Waals surface area contributed by atoms with Crippen molar-refractivity contribution in [2.45, 2.75) is 7.43 Å². The average molecular weight is 687 g/mol. The van der Waals surface area contributed by atoms with Crippen LogP contribution in [0.1, 0.15) is 7.43 Å². The molecule has 0 atom stereocenters. The summed E-state index contributed by atoms with van der Waals surface area (Å²) < 4.78 is 4.47. The minimum atomic E-state index is 0. The van der Waals surface area contributed by atoms with Crippen LogP contribution < -0.4 is 0 Å². The molecule has 6 nitrogen and oxygen atoms in total. The fourth-order valence-corrected chi connectivity index (χ4v) is 7.55. The van der Waals surface area contributed by atoms with E-state index >= 15 is 0 Å². The highest BCUT2D eigenvalue weighted by Crippen LogP contribution is 2.32. The van der Waals surface area contributed by atoms with Crippen molar-refractivity contribution >= 4 is 87.0 Å². The van der Waals surface area contributed by atoms with Crippen LogP contribution in [-0.4, -0.2) is 29.1 Å². The van der Waals surface area contributed by atoms with Gasteiger partial charge in [-0.2, -0.15) is 0 Å². The van der Waals surface area contributed by atoms with Gasteiger partial charge in [0.1, 0.15) is 0 Å². The topological polar surface area (TPSA) is 61.4 Å². The molecular formula is C47H38N6. The van der Waals surface area contributed by atoms with Gasteiger partial charge in [0.15, 0.2) is 0 Å². The first-order valence-corrected chi connectivity index (χ1v) is 17.3. The van der Waals surface area contributed by atoms with Gasteiger partial charge >= 0.3 is 0 Å². The van der Waals surface area contributed by atoms with Crippen LogP contribution >= 0.6 is 0 Å². The first-order chi connectivity index (χ1) is 25.7. The van der Waals surface area contributed by atoms with E-state index in [4.69, 9.17) is 9.97 Å². The van der Waals surface area contributed by atoms with E-state index in [0.717, 1.165) is 70.8 Å². The number of aryl methyl sites for hydroxylation is 2. The summed E-state index contributed by atoms with van der Waals surface area (Å²) in [4.78, 5) is 18.3. The maximum absolute atomic E-state index is 4.76. The second kappa shape index (κ2) is 14.0. The second-order valence-corrected chi connectivity index (χ2v) is 12.8. The standard InChI is InChI=1S/2C23H17N3.CH4/c1-26-21-11-5-4-8-17(21)19-10-6-13-25-23(19)18-9-3-2-7-16(18)20-15-24-14-12-22(20)26;1-26-21-11-5-4-9-19(21)23-18(10-6-13-25-23)16-7-2-3-8-17(16)20-15-24-14-12-22(20)26;/h2*2-15H,1H3;1H4. The van der Waals surface area contributed by atoms with E-state index in [1.54, 1.807) is 0 Å². The molecule has 0 fully saturated rings. The van der Waals surface area contributed by atoms with Gasteiger partial charge in [-0.3, -0.25) is 19.9 Å². The summed E-state index contributed by atoms with van der Waals surface area (Å²) in [5.41, 5.74) is 6.55. The van der Waals surface area contributed by atoms with Crippen molar-refractivity contribution in [2.75, 3.05) is 0 Å². The van der Waals surface area contributed by atoms with E-state index in [-0.39, 0.29) is 7.43 Å². The van der Waals surface area contributed by atoms with Gasteiger partial charge in [0, 0.05) is 94.5 Å². The molecule has 0 unspecified atom stereocenters. The number of nitrogens with zero attached hydrogens (tertiary/aromatic N) is 6. The van der Waals surface area contributed by atoms with E-state index in [0.29, 0.717) is 0 Å². The molecule has 0 amide bonds. The SMILES string of the molecule is C.Cn1c2ccncc2c2ccccc2c2cccnc2c2ccccc21.Cn1c2ccncc2c2ccccc2c2ncccc2c2ccccc21. The van der Waals surface area contributed by atoms with Crippen LogP contribution in [0.4, 0.5) is 0 Å². The lowest BCUT2D eigenvalue weighted by Gasteiger charge is -2.06. The number of aromatic nitrogens is 6. The Labute approximate surface area is 307 Å². The van der Waals surface area contributed by atoms with Crippen LogP contribution in [0.15, 0.2) is 171 Å². The summed E-state index contributed by atoms with van der Waals surface area (Å²) in [6.45, 7) is 0. The van der Waals surface area contributed by atoms with Gasteiger partial charge in [0.25, 0.3) is 0 Å². The fraction of sp³-hybridized carbons (Fsp3) is 0.0638. The molecule has 4 aromatic carbocycles. The quantitative estimate of drug-likeness (QED) is 0.159. The molecule has 256 valence electrons. The molecule has 0 radical (unpaired) electrons. The largest absolute Gasteiger partial charge is 0.344 e. The predicted octanol–water partition coefficient (Wildman–Crippen LogP) is 11.7. The molecule has 0 aliphatic heterocycles. The zero-order valence-corrected chi connectivity index (χ0v) is 28.8. The van der Waals surface area contributed by atoms with Gasteiger partial charge in [-0.1, -0.05) is 104 Å². The van der Waals surface area contributed by atoms with Crippen LogP contribution in [0.2, 0.25) is 0 Å². The molecule has 6 aromatic heterocycles. The van der Waals surface area contributed by atoms with Crippen LogP contribution in [0, 0.1) is 0 Å². The zero-order valence-electron chi connectivity index (χ0n) is 28.8. The van der Waals surface area contributed by atoms with E-state index in [1.807, 2.05) is 49.3 Å². The Morgan fingerprint density at radius 3 is 1.21 bits per heavy atom. The minimum absolute atomic E-state index is 0. The first kappa shape index (κ1) is 33.2. The molecule has 0 bridgehead atoms. The summed E-state index contributed by atoms with van der Waals surface area (Å²) in [5.74, 6) is 0. The van der Waals surface area contributed by atoms with Crippen LogP contribution in [0.5, 0.6) is 0 Å². The number of pyridine rings is 4. The molecule has 6 heterocycles. The van der Waals surface area contributed by atoms with Gasteiger partial charge in [0.05, 0.1) is 27.6 Å². The van der Waals surface area contributed by atoms with Crippen LogP contribution in [0.3, 0.4) is 0 Å². The summed E-state index contributed by atoms with van der Waals surface area (Å²) in [6.07, 6.45) is 11.3. The monoisotopic (exact) mass is 686 g/mol. The van der Waals surface area contributed by atoms with Crippen molar-refractivity contribution in [3.05, 3.63) is 171 Å². The molecule has 0 aliphatic carbocycles. The summed E-state index contributed by atoms with van der Waals surface area (Å²) >= 11 is 0. The van der Waals surface area contributed by atoms with E-state index in [9.17, 15) is 0 Å². The lowest BCUT2D eigenvalue weighted by Crippen LogP contribution is -1.93. The number of hydrogen-bond donors (Lipinski definition) is 0. The van der Waals surface area contributed by atoms with E-state index in [1.165, 1.54) is 16.2 Å². The molecule has 0 N–H and O–H groups in total. The molecule has 0 spiro atoms. The number of rotatable bonds is 0. The average Bonchev–Trinajstić information content (AvgIpc) is 3.29. The summed E-state index contributed by atoms with van der Waals surface area (Å²) in [7, 11) is 4.22. The lowest BCUT2D eigenvalue weighted by molar-refractivity contribution is 1.00. The third kappa shape index (κ3) is 5.71. The third-order valence-electron chi connectivity index (χ3n) is 9.99. The maximum Gasteiger partial charge on any atom is 0.0801 e. The zero-order chi connectivity index (χ0) is 35.0. The van der Waals surface area contributed by atoms with Gasteiger partial charge in [-0.15, -0.1) is 0 Å². The van der Waals surface area contributed by atoms with Crippen molar-refractivity contribution in [2.24, 2.45) is 14.1 Å². The molecule has 53 heavy (non-hydrogen) atoms. The highest BCUT2D eigenvalue weighted by Gasteiger charge is 2.09. The van der Waals surface area contributed by atoms with E-state index < -0.39 is 0 Å². The molecule has 0 saturated heterocycles. The highest BCUT2D eigenvalue weighted by atomic mass is 14.9. The van der Waals surface area contributed by atoms with E-state index in [2.05, 4.69) is 155 Å². The fourth-order valence-electron chi connectivity index (χ4n) is 7.55. The first-order valence-electron chi connectivity index (χ1n) is 17.3. The molecule has 0 aliphatic rings.